The minimum absolute atomic E-state index is 0.617. The van der Waals surface area contributed by atoms with Gasteiger partial charge in [0.05, 0.1) is 34.9 Å². The van der Waals surface area contributed by atoms with Gasteiger partial charge >= 0.3 is 0 Å². The smallest absolute Gasteiger partial charge is 0.0992 e. The lowest BCUT2D eigenvalue weighted by atomic mass is 9.95. The minimum Gasteiger partial charge on any atom is -0.192 e. The van der Waals surface area contributed by atoms with Gasteiger partial charge < -0.3 is 0 Å². The van der Waals surface area contributed by atoms with Crippen LogP contribution in [0.1, 0.15) is 16.7 Å². The third kappa shape index (κ3) is 4.72. The fourth-order valence-electron chi connectivity index (χ4n) is 5.19. The summed E-state index contributed by atoms with van der Waals surface area (Å²) in [5.74, 6) is 0. The summed E-state index contributed by atoms with van der Waals surface area (Å²) in [6.45, 7) is 0. The second-order valence-electron chi connectivity index (χ2n) is 10.0. The zero-order valence-corrected chi connectivity index (χ0v) is 23.8. The molecular formula is C37H19N3S2. The van der Waals surface area contributed by atoms with E-state index < -0.39 is 0 Å². The van der Waals surface area contributed by atoms with E-state index in [1.165, 1.54) is 0 Å². The van der Waals surface area contributed by atoms with Gasteiger partial charge in [0.2, 0.25) is 0 Å². The molecule has 0 saturated carbocycles. The van der Waals surface area contributed by atoms with Gasteiger partial charge in [-0.15, -0.1) is 22.7 Å². The summed E-state index contributed by atoms with van der Waals surface area (Å²) in [6.07, 6.45) is 0. The van der Waals surface area contributed by atoms with E-state index in [1.54, 1.807) is 22.7 Å². The third-order valence-corrected chi connectivity index (χ3v) is 9.69. The lowest BCUT2D eigenvalue weighted by Crippen LogP contribution is -1.86. The van der Waals surface area contributed by atoms with Crippen LogP contribution in [-0.4, -0.2) is 0 Å². The van der Waals surface area contributed by atoms with Gasteiger partial charge in [-0.3, -0.25) is 0 Å². The molecule has 7 rings (SSSR count). The van der Waals surface area contributed by atoms with Crippen LogP contribution in [0.15, 0.2) is 115 Å². The molecule has 2 aromatic heterocycles. The molecule has 2 heterocycles. The molecule has 0 amide bonds. The Morgan fingerprint density at radius 3 is 1.17 bits per heavy atom. The molecule has 5 aromatic carbocycles. The van der Waals surface area contributed by atoms with Crippen LogP contribution in [0.2, 0.25) is 0 Å². The van der Waals surface area contributed by atoms with Gasteiger partial charge in [0, 0.05) is 19.2 Å². The van der Waals surface area contributed by atoms with E-state index in [0.29, 0.717) is 16.7 Å². The molecule has 3 nitrogen and oxygen atoms in total. The molecule has 42 heavy (non-hydrogen) atoms. The van der Waals surface area contributed by atoms with Gasteiger partial charge in [-0.2, -0.15) is 15.8 Å². The number of hydrogen-bond donors (Lipinski definition) is 0. The number of rotatable bonds is 4. The molecule has 0 aliphatic carbocycles. The monoisotopic (exact) mass is 569 g/mol. The Morgan fingerprint density at radius 1 is 0.357 bits per heavy atom. The van der Waals surface area contributed by atoms with E-state index in [4.69, 9.17) is 0 Å². The fourth-order valence-corrected chi connectivity index (χ4v) is 7.29. The van der Waals surface area contributed by atoms with E-state index in [2.05, 4.69) is 84.9 Å². The summed E-state index contributed by atoms with van der Waals surface area (Å²) in [5.41, 5.74) is 8.27. The maximum atomic E-state index is 9.79. The molecule has 0 atom stereocenters. The summed E-state index contributed by atoms with van der Waals surface area (Å²) in [4.78, 5) is 2.31. The van der Waals surface area contributed by atoms with Crippen molar-refractivity contribution in [2.75, 3.05) is 0 Å². The minimum atomic E-state index is 0.617. The predicted octanol–water partition coefficient (Wildman–Crippen LogP) is 10.4. The number of hydrogen-bond acceptors (Lipinski definition) is 5. The Kier molecular flexibility index (Phi) is 6.35. The SMILES string of the molecule is N#Cc1cc(-c2ccc(-c3cc4cc(C#N)ccc4s3)cc2)cc(-c2ccc(-c3cc4cc(C#N)ccc4s3)cc2)c1. The van der Waals surface area contributed by atoms with Crippen LogP contribution in [0.5, 0.6) is 0 Å². The lowest BCUT2D eigenvalue weighted by Gasteiger charge is -2.09. The van der Waals surface area contributed by atoms with Crippen molar-refractivity contribution in [2.24, 2.45) is 0 Å². The van der Waals surface area contributed by atoms with Crippen LogP contribution in [0, 0.1) is 34.0 Å². The molecule has 194 valence electrons. The Hall–Kier alpha value is -5.51. The summed E-state index contributed by atoms with van der Waals surface area (Å²) in [7, 11) is 0. The van der Waals surface area contributed by atoms with E-state index in [0.717, 1.165) is 63.3 Å². The highest BCUT2D eigenvalue weighted by molar-refractivity contribution is 7.22. The Labute approximate surface area is 251 Å². The van der Waals surface area contributed by atoms with Crippen molar-refractivity contribution in [1.82, 2.24) is 0 Å². The van der Waals surface area contributed by atoms with Gasteiger partial charge in [-0.25, -0.2) is 0 Å². The van der Waals surface area contributed by atoms with Crippen LogP contribution in [0.25, 0.3) is 63.3 Å². The van der Waals surface area contributed by atoms with Crippen molar-refractivity contribution in [2.45, 2.75) is 0 Å². The zero-order valence-electron chi connectivity index (χ0n) is 22.1. The Balaban J connectivity index is 1.18. The van der Waals surface area contributed by atoms with Crippen molar-refractivity contribution >= 4 is 42.8 Å². The first-order chi connectivity index (χ1) is 20.6. The Bertz CT molecular complexity index is 2110. The van der Waals surface area contributed by atoms with Gasteiger partial charge in [-0.1, -0.05) is 48.5 Å². The number of nitriles is 3. The standard InChI is InChI=1S/C37H19N3S2/c38-20-23-1-11-34-32(13-23)18-36(41-34)28-7-3-26(4-8-28)30-15-25(22-40)16-31(17-30)27-5-9-29(10-6-27)37-19-33-14-24(21-39)2-12-35(33)42-37/h1-19H. The predicted molar refractivity (Wildman–Crippen MR) is 173 cm³/mol. The van der Waals surface area contributed by atoms with Crippen LogP contribution < -0.4 is 0 Å². The average molecular weight is 570 g/mol. The highest BCUT2D eigenvalue weighted by atomic mass is 32.1. The maximum Gasteiger partial charge on any atom is 0.0992 e. The molecule has 0 radical (unpaired) electrons. The van der Waals surface area contributed by atoms with Gasteiger partial charge in [0.25, 0.3) is 0 Å². The van der Waals surface area contributed by atoms with Crippen molar-refractivity contribution in [3.05, 3.63) is 132 Å². The molecule has 7 aromatic rings. The number of thiophene rings is 2. The average Bonchev–Trinajstić information content (AvgIpc) is 3.68. The number of fused-ring (bicyclic) bond motifs is 2. The molecule has 0 fully saturated rings. The number of nitrogens with zero attached hydrogens (tertiary/aromatic N) is 3. The van der Waals surface area contributed by atoms with E-state index in [-0.39, 0.29) is 0 Å². The lowest BCUT2D eigenvalue weighted by molar-refractivity contribution is 1.48. The zero-order chi connectivity index (χ0) is 28.6. The van der Waals surface area contributed by atoms with Crippen molar-refractivity contribution in [3.8, 4) is 61.3 Å². The van der Waals surface area contributed by atoms with E-state index in [9.17, 15) is 15.8 Å². The second kappa shape index (κ2) is 10.5. The van der Waals surface area contributed by atoms with Gasteiger partial charge in [-0.05, 0) is 111 Å². The summed E-state index contributed by atoms with van der Waals surface area (Å²) in [6, 6.07) is 45.5. The molecule has 5 heteroatoms. The van der Waals surface area contributed by atoms with Crippen molar-refractivity contribution in [1.29, 1.82) is 15.8 Å². The molecule has 0 N–H and O–H groups in total. The molecular weight excluding hydrogens is 551 g/mol. The molecule has 0 aliphatic rings. The summed E-state index contributed by atoms with van der Waals surface area (Å²) < 4.78 is 2.32. The highest BCUT2D eigenvalue weighted by Crippen LogP contribution is 2.37. The van der Waals surface area contributed by atoms with Crippen LogP contribution in [0.3, 0.4) is 0 Å². The topological polar surface area (TPSA) is 71.4 Å². The quantitative estimate of drug-likeness (QED) is 0.212. The normalized spacial score (nSPS) is 10.8. The first-order valence-corrected chi connectivity index (χ1v) is 14.9. The maximum absolute atomic E-state index is 9.79. The number of benzene rings is 5. The first kappa shape index (κ1) is 25.5. The molecule has 0 unspecified atom stereocenters. The largest absolute Gasteiger partial charge is 0.192 e. The van der Waals surface area contributed by atoms with Crippen LogP contribution >= 0.6 is 22.7 Å². The third-order valence-electron chi connectivity index (χ3n) is 7.36. The van der Waals surface area contributed by atoms with Crippen LogP contribution in [0.4, 0.5) is 0 Å². The summed E-state index contributed by atoms with van der Waals surface area (Å²) in [5, 5.41) is 30.4. The first-order valence-electron chi connectivity index (χ1n) is 13.2. The van der Waals surface area contributed by atoms with Gasteiger partial charge in [0.15, 0.2) is 0 Å². The molecule has 0 saturated heterocycles. The van der Waals surface area contributed by atoms with Gasteiger partial charge in [0.1, 0.15) is 0 Å². The molecule has 0 bridgehead atoms. The van der Waals surface area contributed by atoms with E-state index in [1.807, 2.05) is 48.5 Å². The van der Waals surface area contributed by atoms with E-state index >= 15 is 0 Å². The molecule has 0 aliphatic heterocycles. The highest BCUT2D eigenvalue weighted by Gasteiger charge is 2.10. The molecule has 0 spiro atoms. The summed E-state index contributed by atoms with van der Waals surface area (Å²) >= 11 is 3.43. The van der Waals surface area contributed by atoms with Crippen molar-refractivity contribution in [3.63, 3.8) is 0 Å². The second-order valence-corrected chi connectivity index (χ2v) is 12.2. The van der Waals surface area contributed by atoms with Crippen molar-refractivity contribution < 1.29 is 0 Å². The fraction of sp³-hybridized carbons (Fsp3) is 0. The Morgan fingerprint density at radius 2 is 0.762 bits per heavy atom. The van der Waals surface area contributed by atoms with Crippen LogP contribution in [-0.2, 0) is 0 Å².